The number of benzene rings is 2. The lowest BCUT2D eigenvalue weighted by Crippen LogP contribution is -2.08. The number of hydrogen-bond donors (Lipinski definition) is 2. The van der Waals surface area contributed by atoms with Crippen molar-refractivity contribution >= 4 is 27.3 Å². The minimum Gasteiger partial charge on any atom is -0.397 e. The van der Waals surface area contributed by atoms with Gasteiger partial charge in [-0.05, 0) is 30.7 Å². The van der Waals surface area contributed by atoms with Gasteiger partial charge in [-0.15, -0.1) is 0 Å². The van der Waals surface area contributed by atoms with Crippen molar-refractivity contribution in [1.82, 2.24) is 0 Å². The van der Waals surface area contributed by atoms with Crippen molar-refractivity contribution in [3.05, 3.63) is 58.6 Å². The van der Waals surface area contributed by atoms with Crippen LogP contribution in [0.25, 0.3) is 0 Å². The standard InChI is InChI=1S/C14H15BrN2/c1-10(11-5-3-2-4-6-11)17-14-9-12(15)7-8-13(14)16/h2-10,17H,16H2,1H3/t10-/m1/s1. The summed E-state index contributed by atoms with van der Waals surface area (Å²) in [4.78, 5) is 0. The second-order valence-electron chi connectivity index (χ2n) is 4.01. The monoisotopic (exact) mass is 290 g/mol. The van der Waals surface area contributed by atoms with Crippen LogP contribution in [-0.4, -0.2) is 0 Å². The SMILES string of the molecule is C[C@@H](Nc1cc(Br)ccc1N)c1ccccc1. The highest BCUT2D eigenvalue weighted by Crippen LogP contribution is 2.27. The zero-order chi connectivity index (χ0) is 12.3. The van der Waals surface area contributed by atoms with Crippen molar-refractivity contribution in [1.29, 1.82) is 0 Å². The van der Waals surface area contributed by atoms with E-state index >= 15 is 0 Å². The normalized spacial score (nSPS) is 12.1. The molecular formula is C14H15BrN2. The molecule has 0 heterocycles. The summed E-state index contributed by atoms with van der Waals surface area (Å²) in [6, 6.07) is 16.4. The zero-order valence-electron chi connectivity index (χ0n) is 9.65. The van der Waals surface area contributed by atoms with Crippen LogP contribution >= 0.6 is 15.9 Å². The van der Waals surface area contributed by atoms with Gasteiger partial charge in [-0.25, -0.2) is 0 Å². The van der Waals surface area contributed by atoms with Crippen LogP contribution in [0, 0.1) is 0 Å². The first kappa shape index (κ1) is 12.0. The van der Waals surface area contributed by atoms with Crippen molar-refractivity contribution in [2.45, 2.75) is 13.0 Å². The Morgan fingerprint density at radius 1 is 1.12 bits per heavy atom. The van der Waals surface area contributed by atoms with Crippen LogP contribution in [0.4, 0.5) is 11.4 Å². The quantitative estimate of drug-likeness (QED) is 0.831. The van der Waals surface area contributed by atoms with Crippen molar-refractivity contribution in [2.24, 2.45) is 0 Å². The molecule has 0 unspecified atom stereocenters. The molecule has 0 fully saturated rings. The molecule has 88 valence electrons. The Morgan fingerprint density at radius 3 is 2.53 bits per heavy atom. The number of anilines is 2. The molecule has 0 amide bonds. The van der Waals surface area contributed by atoms with Gasteiger partial charge in [0.25, 0.3) is 0 Å². The van der Waals surface area contributed by atoms with Crippen molar-refractivity contribution in [3.63, 3.8) is 0 Å². The Balaban J connectivity index is 2.18. The molecule has 2 aromatic carbocycles. The highest BCUT2D eigenvalue weighted by molar-refractivity contribution is 9.10. The molecule has 0 saturated heterocycles. The molecule has 2 rings (SSSR count). The molecule has 1 atom stereocenters. The average molecular weight is 291 g/mol. The Labute approximate surface area is 110 Å². The van der Waals surface area contributed by atoms with Gasteiger partial charge in [0, 0.05) is 10.5 Å². The van der Waals surface area contributed by atoms with Crippen LogP contribution in [0.2, 0.25) is 0 Å². The first-order valence-corrected chi connectivity index (χ1v) is 6.32. The topological polar surface area (TPSA) is 38.0 Å². The highest BCUT2D eigenvalue weighted by Gasteiger charge is 2.06. The third-order valence-corrected chi connectivity index (χ3v) is 3.18. The van der Waals surface area contributed by atoms with Gasteiger partial charge >= 0.3 is 0 Å². The van der Waals surface area contributed by atoms with E-state index in [1.807, 2.05) is 36.4 Å². The van der Waals surface area contributed by atoms with E-state index in [9.17, 15) is 0 Å². The molecule has 17 heavy (non-hydrogen) atoms. The molecule has 2 nitrogen and oxygen atoms in total. The molecular weight excluding hydrogens is 276 g/mol. The van der Waals surface area contributed by atoms with Crippen LogP contribution in [0.15, 0.2) is 53.0 Å². The van der Waals surface area contributed by atoms with E-state index in [1.165, 1.54) is 5.56 Å². The maximum Gasteiger partial charge on any atom is 0.0589 e. The number of halogens is 1. The van der Waals surface area contributed by atoms with E-state index < -0.39 is 0 Å². The summed E-state index contributed by atoms with van der Waals surface area (Å²) in [6.07, 6.45) is 0. The van der Waals surface area contributed by atoms with Gasteiger partial charge in [0.05, 0.1) is 11.4 Å². The molecule has 0 spiro atoms. The van der Waals surface area contributed by atoms with Gasteiger partial charge in [-0.3, -0.25) is 0 Å². The Kier molecular flexibility index (Phi) is 3.69. The fraction of sp³-hybridized carbons (Fsp3) is 0.143. The second-order valence-corrected chi connectivity index (χ2v) is 4.92. The lowest BCUT2D eigenvalue weighted by Gasteiger charge is -2.17. The zero-order valence-corrected chi connectivity index (χ0v) is 11.2. The molecule has 0 aromatic heterocycles. The fourth-order valence-corrected chi connectivity index (χ4v) is 2.07. The smallest absolute Gasteiger partial charge is 0.0589 e. The second kappa shape index (κ2) is 5.23. The summed E-state index contributed by atoms with van der Waals surface area (Å²) in [7, 11) is 0. The van der Waals surface area contributed by atoms with E-state index in [0.29, 0.717) is 0 Å². The maximum atomic E-state index is 5.93. The molecule has 0 aliphatic heterocycles. The van der Waals surface area contributed by atoms with Gasteiger partial charge in [-0.1, -0.05) is 46.3 Å². The molecule has 0 radical (unpaired) electrons. The van der Waals surface area contributed by atoms with Gasteiger partial charge in [-0.2, -0.15) is 0 Å². The number of nitrogens with one attached hydrogen (secondary N) is 1. The number of nitrogens with two attached hydrogens (primary N) is 1. The fourth-order valence-electron chi connectivity index (χ4n) is 1.71. The van der Waals surface area contributed by atoms with Crippen LogP contribution in [0.3, 0.4) is 0 Å². The largest absolute Gasteiger partial charge is 0.397 e. The minimum atomic E-state index is 0.229. The molecule has 3 N–H and O–H groups in total. The third-order valence-electron chi connectivity index (χ3n) is 2.69. The average Bonchev–Trinajstić information content (AvgIpc) is 2.35. The summed E-state index contributed by atoms with van der Waals surface area (Å²) in [6.45, 7) is 2.12. The molecule has 0 aliphatic carbocycles. The minimum absolute atomic E-state index is 0.229. The summed E-state index contributed by atoms with van der Waals surface area (Å²) in [5.41, 5.74) is 8.89. The molecule has 3 heteroatoms. The number of nitrogen functional groups attached to an aromatic ring is 1. The van der Waals surface area contributed by atoms with Crippen molar-refractivity contribution < 1.29 is 0 Å². The van der Waals surface area contributed by atoms with Gasteiger partial charge in [0.1, 0.15) is 0 Å². The van der Waals surface area contributed by atoms with Crippen molar-refractivity contribution in [2.75, 3.05) is 11.1 Å². The Hall–Kier alpha value is -1.48. The van der Waals surface area contributed by atoms with E-state index in [-0.39, 0.29) is 6.04 Å². The van der Waals surface area contributed by atoms with E-state index in [4.69, 9.17) is 5.73 Å². The van der Waals surface area contributed by atoms with Gasteiger partial charge in [0.15, 0.2) is 0 Å². The first-order chi connectivity index (χ1) is 8.16. The highest BCUT2D eigenvalue weighted by atomic mass is 79.9. The Morgan fingerprint density at radius 2 is 1.82 bits per heavy atom. The molecule has 0 bridgehead atoms. The van der Waals surface area contributed by atoms with E-state index in [1.54, 1.807) is 0 Å². The van der Waals surface area contributed by atoms with Gasteiger partial charge in [0.2, 0.25) is 0 Å². The maximum absolute atomic E-state index is 5.93. The predicted octanol–water partition coefficient (Wildman–Crippen LogP) is 4.20. The van der Waals surface area contributed by atoms with E-state index in [2.05, 4.69) is 40.3 Å². The molecule has 2 aromatic rings. The summed E-state index contributed by atoms with van der Waals surface area (Å²) in [5.74, 6) is 0. The molecule has 0 aliphatic rings. The summed E-state index contributed by atoms with van der Waals surface area (Å²) >= 11 is 3.45. The molecule has 0 saturated carbocycles. The third kappa shape index (κ3) is 3.01. The first-order valence-electron chi connectivity index (χ1n) is 5.53. The summed E-state index contributed by atoms with van der Waals surface area (Å²) in [5, 5.41) is 3.41. The van der Waals surface area contributed by atoms with Crippen LogP contribution in [-0.2, 0) is 0 Å². The summed E-state index contributed by atoms with van der Waals surface area (Å²) < 4.78 is 1.02. The lowest BCUT2D eigenvalue weighted by molar-refractivity contribution is 0.885. The predicted molar refractivity (Wildman–Crippen MR) is 77.0 cm³/mol. The van der Waals surface area contributed by atoms with Crippen LogP contribution in [0.1, 0.15) is 18.5 Å². The Bertz CT molecular complexity index is 497. The number of rotatable bonds is 3. The van der Waals surface area contributed by atoms with Crippen LogP contribution in [0.5, 0.6) is 0 Å². The van der Waals surface area contributed by atoms with Crippen LogP contribution < -0.4 is 11.1 Å². The van der Waals surface area contributed by atoms with E-state index in [0.717, 1.165) is 15.8 Å². The number of hydrogen-bond acceptors (Lipinski definition) is 2. The lowest BCUT2D eigenvalue weighted by atomic mass is 10.1. The van der Waals surface area contributed by atoms with Crippen molar-refractivity contribution in [3.8, 4) is 0 Å². The van der Waals surface area contributed by atoms with Gasteiger partial charge < -0.3 is 11.1 Å².